The number of hydrogen-bond donors (Lipinski definition) is 2. The molecule has 0 bridgehead atoms. The van der Waals surface area contributed by atoms with E-state index in [4.69, 9.17) is 14.5 Å². The number of aryl methyl sites for hydroxylation is 2. The van der Waals surface area contributed by atoms with Crippen molar-refractivity contribution >= 4 is 23.7 Å². The lowest BCUT2D eigenvalue weighted by Crippen LogP contribution is -2.55. The Morgan fingerprint density at radius 1 is 0.981 bits per heavy atom. The first-order chi connectivity index (χ1) is 24.4. The van der Waals surface area contributed by atoms with Crippen LogP contribution in [-0.2, 0) is 10.9 Å². The van der Waals surface area contributed by atoms with E-state index in [0.717, 1.165) is 24.5 Å². The molecule has 1 aromatic carbocycles. The number of piperazine rings is 1. The Bertz CT molecular complexity index is 1790. The van der Waals surface area contributed by atoms with Crippen LogP contribution in [0.5, 0.6) is 5.75 Å². The number of benzene rings is 1. The summed E-state index contributed by atoms with van der Waals surface area (Å²) in [7, 11) is 0. The Labute approximate surface area is 301 Å². The van der Waals surface area contributed by atoms with E-state index >= 15 is 0 Å². The number of anilines is 1. The lowest BCUT2D eigenvalue weighted by molar-refractivity contribution is -0.141. The van der Waals surface area contributed by atoms with E-state index in [1.165, 1.54) is 13.0 Å². The number of nitrogens with zero attached hydrogens (tertiary/aromatic N) is 5. The maximum atomic E-state index is 13.5. The van der Waals surface area contributed by atoms with Crippen molar-refractivity contribution in [1.29, 1.82) is 0 Å². The molecule has 2 fully saturated rings. The van der Waals surface area contributed by atoms with E-state index in [2.05, 4.69) is 31.8 Å². The third-order valence-corrected chi connectivity index (χ3v) is 8.88. The summed E-state index contributed by atoms with van der Waals surface area (Å²) in [5.41, 5.74) is 0.741. The largest absolute Gasteiger partial charge is 0.482 e. The zero-order chi connectivity index (χ0) is 38.0. The van der Waals surface area contributed by atoms with Crippen LogP contribution in [0.2, 0.25) is 0 Å². The summed E-state index contributed by atoms with van der Waals surface area (Å²) in [5, 5.41) is 12.1. The number of pyridine rings is 1. The molecule has 2 N–H and O–H groups in total. The van der Waals surface area contributed by atoms with Gasteiger partial charge in [0.05, 0.1) is 11.3 Å². The van der Waals surface area contributed by atoms with Crippen LogP contribution in [0.25, 0.3) is 0 Å². The van der Waals surface area contributed by atoms with Crippen LogP contribution >= 0.6 is 0 Å². The minimum Gasteiger partial charge on any atom is -0.482 e. The summed E-state index contributed by atoms with van der Waals surface area (Å²) in [4.78, 5) is 48.5. The number of carbonyl (C=O) groups excluding carboxylic acids is 3. The van der Waals surface area contributed by atoms with Crippen LogP contribution in [0.4, 0.5) is 23.8 Å². The van der Waals surface area contributed by atoms with Gasteiger partial charge < -0.3 is 25.0 Å². The number of halogens is 3. The van der Waals surface area contributed by atoms with Crippen LogP contribution in [0.15, 0.2) is 36.5 Å². The molecular weight excluding hydrogens is 679 g/mol. The molecule has 15 heteroatoms. The second kappa shape index (κ2) is 15.4. The first kappa shape index (κ1) is 38.4. The van der Waals surface area contributed by atoms with Gasteiger partial charge in [0.15, 0.2) is 17.6 Å². The first-order valence-electron chi connectivity index (χ1n) is 17.4. The summed E-state index contributed by atoms with van der Waals surface area (Å²) < 4.78 is 51.7. The smallest absolute Gasteiger partial charge is 0.435 e. The minimum absolute atomic E-state index is 0.0709. The van der Waals surface area contributed by atoms with Crippen molar-refractivity contribution in [3.8, 4) is 5.75 Å². The summed E-state index contributed by atoms with van der Waals surface area (Å²) in [6, 6.07) is 7.65. The number of hydrogen-bond acceptors (Lipinski definition) is 9. The van der Waals surface area contributed by atoms with Crippen molar-refractivity contribution in [3.05, 3.63) is 75.7 Å². The zero-order valence-corrected chi connectivity index (χ0v) is 30.6. The molecule has 2 atom stereocenters. The Morgan fingerprint density at radius 2 is 1.71 bits per heavy atom. The fourth-order valence-corrected chi connectivity index (χ4v) is 6.01. The normalized spacial score (nSPS) is 17.3. The van der Waals surface area contributed by atoms with Crippen molar-refractivity contribution in [2.75, 3.05) is 38.0 Å². The molecule has 1 saturated carbocycles. The highest BCUT2D eigenvalue weighted by atomic mass is 19.4. The summed E-state index contributed by atoms with van der Waals surface area (Å²) in [6.45, 7) is 14.5. The van der Waals surface area contributed by atoms with E-state index in [-0.39, 0.29) is 40.4 Å². The molecule has 1 saturated heterocycles. The number of ether oxygens (including phenoxy) is 2. The van der Waals surface area contributed by atoms with Crippen molar-refractivity contribution in [2.45, 2.75) is 91.1 Å². The summed E-state index contributed by atoms with van der Waals surface area (Å²) >= 11 is 0. The number of carbonyl (C=O) groups is 3. The third kappa shape index (κ3) is 9.55. The highest BCUT2D eigenvalue weighted by Crippen LogP contribution is 2.40. The Balaban J connectivity index is 1.42. The van der Waals surface area contributed by atoms with Crippen LogP contribution in [-0.4, -0.2) is 87.3 Å². The van der Waals surface area contributed by atoms with Crippen LogP contribution < -0.4 is 15.4 Å². The molecule has 2 aliphatic rings. The summed E-state index contributed by atoms with van der Waals surface area (Å²) in [5.74, 6) is -0.571. The van der Waals surface area contributed by atoms with Gasteiger partial charge in [0.25, 0.3) is 11.8 Å². The van der Waals surface area contributed by atoms with Gasteiger partial charge in [-0.25, -0.2) is 4.79 Å². The van der Waals surface area contributed by atoms with Crippen molar-refractivity contribution in [3.63, 3.8) is 0 Å². The quantitative estimate of drug-likeness (QED) is 0.242. The first-order valence-corrected chi connectivity index (χ1v) is 17.4. The third-order valence-electron chi connectivity index (χ3n) is 8.88. The van der Waals surface area contributed by atoms with Gasteiger partial charge in [-0.2, -0.15) is 13.2 Å². The average molecular weight is 726 g/mol. The molecule has 12 nitrogen and oxygen atoms in total. The van der Waals surface area contributed by atoms with Gasteiger partial charge >= 0.3 is 12.3 Å². The van der Waals surface area contributed by atoms with E-state index in [9.17, 15) is 27.6 Å². The fraction of sp³-hybridized carbons (Fsp3) is 0.514. The topological polar surface area (TPSA) is 139 Å². The van der Waals surface area contributed by atoms with Gasteiger partial charge in [-0.15, -0.1) is 10.2 Å². The number of alkyl halides is 3. The maximum Gasteiger partial charge on any atom is 0.435 e. The van der Waals surface area contributed by atoms with Gasteiger partial charge in [-0.05, 0) is 108 Å². The van der Waals surface area contributed by atoms with Crippen LogP contribution in [0, 0.1) is 13.8 Å². The van der Waals surface area contributed by atoms with Crippen LogP contribution in [0.3, 0.4) is 0 Å². The molecule has 1 aliphatic carbocycles. The monoisotopic (exact) mass is 725 g/mol. The van der Waals surface area contributed by atoms with Gasteiger partial charge in [0.2, 0.25) is 0 Å². The number of rotatable bonds is 10. The molecule has 0 unspecified atom stereocenters. The van der Waals surface area contributed by atoms with E-state index < -0.39 is 35.4 Å². The fourth-order valence-electron chi connectivity index (χ4n) is 6.01. The molecule has 280 valence electrons. The van der Waals surface area contributed by atoms with Gasteiger partial charge in [-0.3, -0.25) is 19.5 Å². The van der Waals surface area contributed by atoms with E-state index in [0.29, 0.717) is 49.9 Å². The van der Waals surface area contributed by atoms with E-state index in [1.807, 2.05) is 40.0 Å². The predicted molar refractivity (Wildman–Crippen MR) is 187 cm³/mol. The van der Waals surface area contributed by atoms with Crippen molar-refractivity contribution < 1.29 is 37.0 Å². The van der Waals surface area contributed by atoms with E-state index in [1.54, 1.807) is 24.8 Å². The lowest BCUT2D eigenvalue weighted by Gasteiger charge is -2.41. The molecular formula is C37H46F3N7O5. The average Bonchev–Trinajstić information content (AvgIpc) is 3.90. The van der Waals surface area contributed by atoms with Gasteiger partial charge in [0, 0.05) is 50.5 Å². The highest BCUT2D eigenvalue weighted by Gasteiger charge is 2.35. The second-order valence-corrected chi connectivity index (χ2v) is 14.4. The minimum atomic E-state index is -4.69. The molecule has 3 heterocycles. The van der Waals surface area contributed by atoms with Crippen LogP contribution in [0.1, 0.15) is 108 Å². The number of amides is 3. The van der Waals surface area contributed by atoms with Crippen molar-refractivity contribution in [1.82, 2.24) is 30.3 Å². The SMILES string of the molecule is CCNC(=O)c1cc(C(=O)Nc2nnc(C(F)(F)F)cc2C)c(C)cc1O[C@H](CN1CCN(C(=O)OC(C)(C)C)[C@H](C)C1)c1ccc(C2CC2)cn1. The Hall–Kier alpha value is -4.79. The molecule has 52 heavy (non-hydrogen) atoms. The molecule has 3 amide bonds. The molecule has 3 aromatic rings. The molecule has 2 aromatic heterocycles. The standard InChI is InChI=1S/C37H46F3N7O5/c1-8-41-33(48)27-17-26(34(49)43-32-22(3)16-31(44-45-32)37(38,39)40)21(2)15-29(27)51-30(28-12-11-25(18-42-28)24-9-10-24)20-46-13-14-47(23(4)19-46)35(50)52-36(5,6)7/h11-12,15-18,23-24,30H,8-10,13-14,19-20H2,1-7H3,(H,41,48)(H,43,45,49)/t23-,30-/m1/s1. The lowest BCUT2D eigenvalue weighted by atomic mass is 10.0. The molecule has 0 spiro atoms. The van der Waals surface area contributed by atoms with Gasteiger partial charge in [-0.1, -0.05) is 6.07 Å². The number of aromatic nitrogens is 3. The Morgan fingerprint density at radius 3 is 2.29 bits per heavy atom. The molecule has 0 radical (unpaired) electrons. The summed E-state index contributed by atoms with van der Waals surface area (Å²) in [6.07, 6.45) is -1.57. The zero-order valence-electron chi connectivity index (χ0n) is 30.6. The number of nitrogens with one attached hydrogen (secondary N) is 2. The van der Waals surface area contributed by atoms with Crippen molar-refractivity contribution in [2.24, 2.45) is 0 Å². The molecule has 5 rings (SSSR count). The second-order valence-electron chi connectivity index (χ2n) is 14.4. The Kier molecular flexibility index (Phi) is 11.4. The van der Waals surface area contributed by atoms with Gasteiger partial charge in [0.1, 0.15) is 11.4 Å². The molecule has 1 aliphatic heterocycles. The maximum absolute atomic E-state index is 13.5. The highest BCUT2D eigenvalue weighted by molar-refractivity contribution is 6.07. The predicted octanol–water partition coefficient (Wildman–Crippen LogP) is 6.45.